The average Bonchev–Trinajstić information content (AvgIpc) is 3.19. The number of benzene rings is 1. The molecule has 204 valence electrons. The van der Waals surface area contributed by atoms with Crippen LogP contribution >= 0.6 is 23.2 Å². The lowest BCUT2D eigenvalue weighted by Gasteiger charge is -2.47. The SMILES string of the molecule is Cc1nn(C(C)c2ccc(Cl)cc2Cl)c2nc(N3CC([C@H]4CCCN(CCNC(=O)C(C)C)C4)C3)cnc12. The van der Waals surface area contributed by atoms with Crippen LogP contribution in [0.2, 0.25) is 10.0 Å². The van der Waals surface area contributed by atoms with Gasteiger partial charge in [0.25, 0.3) is 0 Å². The normalized spacial score (nSPS) is 19.7. The van der Waals surface area contributed by atoms with Crippen molar-refractivity contribution in [1.82, 2.24) is 30.0 Å². The summed E-state index contributed by atoms with van der Waals surface area (Å²) in [7, 11) is 0. The van der Waals surface area contributed by atoms with Crippen molar-refractivity contribution in [3.8, 4) is 0 Å². The van der Waals surface area contributed by atoms with Crippen LogP contribution < -0.4 is 10.2 Å². The fourth-order valence-corrected chi connectivity index (χ4v) is 6.22. The van der Waals surface area contributed by atoms with E-state index in [-0.39, 0.29) is 17.9 Å². The van der Waals surface area contributed by atoms with Crippen LogP contribution in [0.5, 0.6) is 0 Å². The van der Waals surface area contributed by atoms with E-state index in [1.54, 1.807) is 6.07 Å². The highest BCUT2D eigenvalue weighted by molar-refractivity contribution is 6.35. The van der Waals surface area contributed by atoms with E-state index in [1.165, 1.54) is 12.8 Å². The molecule has 2 saturated heterocycles. The Morgan fingerprint density at radius 1 is 1.16 bits per heavy atom. The summed E-state index contributed by atoms with van der Waals surface area (Å²) in [6.07, 6.45) is 4.36. The highest BCUT2D eigenvalue weighted by Gasteiger charge is 2.36. The average molecular weight is 559 g/mol. The van der Waals surface area contributed by atoms with Gasteiger partial charge in [0.15, 0.2) is 5.65 Å². The Hall–Kier alpha value is -2.42. The van der Waals surface area contributed by atoms with Crippen molar-refractivity contribution < 1.29 is 4.79 Å². The molecule has 5 rings (SSSR count). The molecular weight excluding hydrogens is 521 g/mol. The zero-order valence-electron chi connectivity index (χ0n) is 22.6. The Kier molecular flexibility index (Phi) is 8.12. The summed E-state index contributed by atoms with van der Waals surface area (Å²) in [6, 6.07) is 5.45. The van der Waals surface area contributed by atoms with Gasteiger partial charge in [-0.3, -0.25) is 4.79 Å². The predicted molar refractivity (Wildman–Crippen MR) is 153 cm³/mol. The number of nitrogens with zero attached hydrogens (tertiary/aromatic N) is 6. The molecular formula is C28H37Cl2N7O. The zero-order chi connectivity index (χ0) is 27.0. The van der Waals surface area contributed by atoms with Crippen LogP contribution in [-0.2, 0) is 4.79 Å². The second-order valence-electron chi connectivity index (χ2n) is 11.1. The highest BCUT2D eigenvalue weighted by Crippen LogP contribution is 2.35. The first-order valence-corrected chi connectivity index (χ1v) is 14.4. The van der Waals surface area contributed by atoms with Gasteiger partial charge in [-0.1, -0.05) is 43.1 Å². The number of carbonyl (C=O) groups is 1. The van der Waals surface area contributed by atoms with Crippen molar-refractivity contribution in [2.75, 3.05) is 44.2 Å². The van der Waals surface area contributed by atoms with E-state index in [4.69, 9.17) is 38.3 Å². The summed E-state index contributed by atoms with van der Waals surface area (Å²) in [6.45, 7) is 13.8. The molecule has 2 fully saturated rings. The third-order valence-corrected chi connectivity index (χ3v) is 8.59. The van der Waals surface area contributed by atoms with Crippen molar-refractivity contribution in [2.45, 2.75) is 46.6 Å². The van der Waals surface area contributed by atoms with Crippen molar-refractivity contribution in [3.63, 3.8) is 0 Å². The molecule has 0 saturated carbocycles. The molecule has 4 heterocycles. The minimum Gasteiger partial charge on any atom is -0.355 e. The molecule has 0 aliphatic carbocycles. The van der Waals surface area contributed by atoms with E-state index in [9.17, 15) is 4.79 Å². The van der Waals surface area contributed by atoms with Crippen molar-refractivity contribution >= 4 is 46.1 Å². The molecule has 2 aromatic heterocycles. The number of aryl methyl sites for hydroxylation is 1. The van der Waals surface area contributed by atoms with Gasteiger partial charge in [-0.15, -0.1) is 0 Å². The molecule has 1 N–H and O–H groups in total. The standard InChI is InChI=1S/C28H37Cl2N7O/c1-17(2)28(38)31-9-11-35-10-5-6-20(14-35)21-15-36(16-21)25-13-32-26-18(3)34-37(27(26)33-25)19(4)23-8-7-22(29)12-24(23)30/h7-8,12-13,17,19-21H,5-6,9-11,14-16H2,1-4H3,(H,31,38)/t19?,20-/m0/s1. The van der Waals surface area contributed by atoms with E-state index in [0.29, 0.717) is 21.9 Å². The number of carbonyl (C=O) groups excluding carboxylic acids is 1. The summed E-state index contributed by atoms with van der Waals surface area (Å²) >= 11 is 12.6. The topological polar surface area (TPSA) is 79.2 Å². The monoisotopic (exact) mass is 557 g/mol. The molecule has 0 spiro atoms. The zero-order valence-corrected chi connectivity index (χ0v) is 24.1. The molecule has 2 aliphatic rings. The van der Waals surface area contributed by atoms with Crippen LogP contribution in [0.15, 0.2) is 24.4 Å². The number of halogens is 2. The number of fused-ring (bicyclic) bond motifs is 1. The molecule has 2 aliphatic heterocycles. The van der Waals surface area contributed by atoms with E-state index in [1.807, 2.05) is 43.8 Å². The third-order valence-electron chi connectivity index (χ3n) is 8.03. The number of rotatable bonds is 8. The number of likely N-dealkylation sites (tertiary alicyclic amines) is 1. The fraction of sp³-hybridized carbons (Fsp3) is 0.571. The van der Waals surface area contributed by atoms with Crippen LogP contribution in [0, 0.1) is 24.7 Å². The van der Waals surface area contributed by atoms with Crippen LogP contribution in [0.1, 0.15) is 50.9 Å². The number of piperidine rings is 1. The maximum atomic E-state index is 11.9. The number of hydrogen-bond acceptors (Lipinski definition) is 6. The van der Waals surface area contributed by atoms with Gasteiger partial charge in [0.1, 0.15) is 11.3 Å². The minimum absolute atomic E-state index is 0.0355. The van der Waals surface area contributed by atoms with Gasteiger partial charge >= 0.3 is 0 Å². The number of hydrogen-bond donors (Lipinski definition) is 1. The predicted octanol–water partition coefficient (Wildman–Crippen LogP) is 4.97. The summed E-state index contributed by atoms with van der Waals surface area (Å²) < 4.78 is 1.92. The maximum absolute atomic E-state index is 11.9. The van der Waals surface area contributed by atoms with E-state index in [2.05, 4.69) is 22.0 Å². The van der Waals surface area contributed by atoms with Crippen molar-refractivity contribution in [2.24, 2.45) is 17.8 Å². The molecule has 1 unspecified atom stereocenters. The van der Waals surface area contributed by atoms with Crippen molar-refractivity contribution in [3.05, 3.63) is 45.7 Å². The number of aromatic nitrogens is 4. The van der Waals surface area contributed by atoms with Crippen LogP contribution in [0.25, 0.3) is 11.2 Å². The van der Waals surface area contributed by atoms with Gasteiger partial charge in [-0.2, -0.15) is 5.10 Å². The van der Waals surface area contributed by atoms with E-state index < -0.39 is 0 Å². The lowest BCUT2D eigenvalue weighted by Crippen LogP contribution is -2.54. The first-order valence-electron chi connectivity index (χ1n) is 13.6. The quantitative estimate of drug-likeness (QED) is 0.421. The molecule has 2 atom stereocenters. The van der Waals surface area contributed by atoms with Gasteiger partial charge < -0.3 is 15.1 Å². The first-order chi connectivity index (χ1) is 18.2. The van der Waals surface area contributed by atoms with Gasteiger partial charge in [0.2, 0.25) is 5.91 Å². The Balaban J connectivity index is 1.23. The van der Waals surface area contributed by atoms with Gasteiger partial charge in [-0.05, 0) is 62.8 Å². The maximum Gasteiger partial charge on any atom is 0.222 e. The Bertz CT molecular complexity index is 1300. The van der Waals surface area contributed by atoms with Crippen LogP contribution in [0.4, 0.5) is 5.82 Å². The summed E-state index contributed by atoms with van der Waals surface area (Å²) in [4.78, 5) is 26.5. The number of anilines is 1. The largest absolute Gasteiger partial charge is 0.355 e. The van der Waals surface area contributed by atoms with E-state index in [0.717, 1.165) is 67.5 Å². The molecule has 0 bridgehead atoms. The molecule has 1 aromatic carbocycles. The molecule has 1 amide bonds. The van der Waals surface area contributed by atoms with Crippen molar-refractivity contribution in [1.29, 1.82) is 0 Å². The second-order valence-corrected chi connectivity index (χ2v) is 11.9. The number of nitrogens with one attached hydrogen (secondary N) is 1. The fourth-order valence-electron chi connectivity index (χ4n) is 5.65. The Morgan fingerprint density at radius 2 is 1.95 bits per heavy atom. The van der Waals surface area contributed by atoms with Crippen LogP contribution in [0.3, 0.4) is 0 Å². The smallest absolute Gasteiger partial charge is 0.222 e. The Morgan fingerprint density at radius 3 is 2.68 bits per heavy atom. The van der Waals surface area contributed by atoms with Gasteiger partial charge in [0, 0.05) is 48.7 Å². The van der Waals surface area contributed by atoms with Crippen LogP contribution in [-0.4, -0.2) is 69.8 Å². The lowest BCUT2D eigenvalue weighted by molar-refractivity contribution is -0.124. The molecule has 3 aromatic rings. The first kappa shape index (κ1) is 27.2. The molecule has 0 radical (unpaired) electrons. The van der Waals surface area contributed by atoms with E-state index >= 15 is 0 Å². The highest BCUT2D eigenvalue weighted by atomic mass is 35.5. The van der Waals surface area contributed by atoms with Gasteiger partial charge in [0.05, 0.1) is 17.9 Å². The number of amides is 1. The summed E-state index contributed by atoms with van der Waals surface area (Å²) in [5, 5.41) is 9.04. The summed E-state index contributed by atoms with van der Waals surface area (Å²) in [5.74, 6) is 2.39. The second kappa shape index (κ2) is 11.4. The summed E-state index contributed by atoms with van der Waals surface area (Å²) in [5.41, 5.74) is 3.39. The lowest BCUT2D eigenvalue weighted by atomic mass is 9.80. The molecule has 8 nitrogen and oxygen atoms in total. The van der Waals surface area contributed by atoms with Gasteiger partial charge in [-0.25, -0.2) is 14.6 Å². The Labute approximate surface area is 234 Å². The minimum atomic E-state index is -0.108. The third kappa shape index (κ3) is 5.63. The molecule has 38 heavy (non-hydrogen) atoms. The molecule has 10 heteroatoms.